The SMILES string of the molecule is C[C@@H]1CN([C@H](C)CO)C(=O)c2ccccc2-c2ccccc2CO[C@H]1CN(C)C(=O)CCC(F)(F)F. The summed E-state index contributed by atoms with van der Waals surface area (Å²) in [4.78, 5) is 29.0. The molecule has 3 atom stereocenters. The van der Waals surface area contributed by atoms with E-state index in [-0.39, 0.29) is 38.1 Å². The van der Waals surface area contributed by atoms with Gasteiger partial charge in [0.15, 0.2) is 0 Å². The van der Waals surface area contributed by atoms with E-state index in [1.807, 2.05) is 43.3 Å². The lowest BCUT2D eigenvalue weighted by Crippen LogP contribution is -2.47. The number of carbonyl (C=O) groups is 2. The van der Waals surface area contributed by atoms with Gasteiger partial charge >= 0.3 is 6.18 Å². The molecule has 2 amide bonds. The molecule has 0 spiro atoms. The highest BCUT2D eigenvalue weighted by molar-refractivity contribution is 6.01. The highest BCUT2D eigenvalue weighted by Gasteiger charge is 2.32. The first-order valence-electron chi connectivity index (χ1n) is 12.0. The molecule has 1 N–H and O–H groups in total. The molecule has 0 saturated heterocycles. The molecular formula is C27H33F3N2O4. The van der Waals surface area contributed by atoms with Crippen LogP contribution in [0, 0.1) is 5.92 Å². The molecule has 0 fully saturated rings. The van der Waals surface area contributed by atoms with Gasteiger partial charge < -0.3 is 19.6 Å². The van der Waals surface area contributed by atoms with Crippen LogP contribution in [-0.2, 0) is 16.1 Å². The third-order valence-electron chi connectivity index (χ3n) is 6.60. The lowest BCUT2D eigenvalue weighted by Gasteiger charge is -2.35. The minimum absolute atomic E-state index is 0.0719. The Morgan fingerprint density at radius 3 is 2.39 bits per heavy atom. The first-order chi connectivity index (χ1) is 17.0. The highest BCUT2D eigenvalue weighted by Crippen LogP contribution is 2.31. The molecule has 6 nitrogen and oxygen atoms in total. The van der Waals surface area contributed by atoms with Crippen LogP contribution >= 0.6 is 0 Å². The van der Waals surface area contributed by atoms with Gasteiger partial charge in [-0.25, -0.2) is 0 Å². The fourth-order valence-corrected chi connectivity index (χ4v) is 4.36. The number of benzene rings is 2. The number of rotatable bonds is 6. The number of amides is 2. The minimum Gasteiger partial charge on any atom is -0.394 e. The quantitative estimate of drug-likeness (QED) is 0.626. The fraction of sp³-hybridized carbons (Fsp3) is 0.481. The number of nitrogens with zero attached hydrogens (tertiary/aromatic N) is 2. The number of aliphatic hydroxyl groups excluding tert-OH is 1. The van der Waals surface area contributed by atoms with Crippen molar-refractivity contribution >= 4 is 11.8 Å². The van der Waals surface area contributed by atoms with Crippen LogP contribution in [0.15, 0.2) is 48.5 Å². The zero-order valence-corrected chi connectivity index (χ0v) is 20.8. The third-order valence-corrected chi connectivity index (χ3v) is 6.60. The van der Waals surface area contributed by atoms with Gasteiger partial charge in [0.05, 0.1) is 31.8 Å². The molecule has 0 bridgehead atoms. The normalized spacial score (nSPS) is 19.6. The first kappa shape index (κ1) is 27.7. The van der Waals surface area contributed by atoms with Crippen molar-refractivity contribution in [1.29, 1.82) is 0 Å². The lowest BCUT2D eigenvalue weighted by atomic mass is 9.94. The van der Waals surface area contributed by atoms with E-state index in [1.165, 1.54) is 11.9 Å². The van der Waals surface area contributed by atoms with Crippen LogP contribution in [0.2, 0.25) is 0 Å². The summed E-state index contributed by atoms with van der Waals surface area (Å²) in [5.41, 5.74) is 2.95. The van der Waals surface area contributed by atoms with Gasteiger partial charge in [-0.2, -0.15) is 13.2 Å². The zero-order valence-electron chi connectivity index (χ0n) is 20.8. The summed E-state index contributed by atoms with van der Waals surface area (Å²) in [6.45, 7) is 3.90. The Bertz CT molecular complexity index is 1060. The average molecular weight is 507 g/mol. The summed E-state index contributed by atoms with van der Waals surface area (Å²) in [7, 11) is 1.46. The maximum atomic E-state index is 13.7. The Morgan fingerprint density at radius 2 is 1.75 bits per heavy atom. The first-order valence-corrected chi connectivity index (χ1v) is 12.0. The fourth-order valence-electron chi connectivity index (χ4n) is 4.36. The van der Waals surface area contributed by atoms with Crippen molar-refractivity contribution in [2.75, 3.05) is 26.7 Å². The molecule has 0 radical (unpaired) electrons. The second-order valence-corrected chi connectivity index (χ2v) is 9.41. The number of ether oxygens (including phenoxy) is 1. The predicted octanol–water partition coefficient (Wildman–Crippen LogP) is 4.51. The Balaban J connectivity index is 1.96. The van der Waals surface area contributed by atoms with Crippen molar-refractivity contribution < 1.29 is 32.6 Å². The monoisotopic (exact) mass is 506 g/mol. The summed E-state index contributed by atoms with van der Waals surface area (Å²) in [6.07, 6.45) is -6.78. The number of likely N-dealkylation sites (N-methyl/N-ethyl adjacent to an activating group) is 1. The van der Waals surface area contributed by atoms with Crippen LogP contribution in [0.5, 0.6) is 0 Å². The molecule has 36 heavy (non-hydrogen) atoms. The topological polar surface area (TPSA) is 70.1 Å². The van der Waals surface area contributed by atoms with Gasteiger partial charge in [0.25, 0.3) is 5.91 Å². The maximum Gasteiger partial charge on any atom is 0.389 e. The minimum atomic E-state index is -4.41. The Hall–Kier alpha value is -2.91. The smallest absolute Gasteiger partial charge is 0.389 e. The standard InChI is InChI=1S/C27H33F3N2O4/c1-18-14-32(19(2)16-33)26(35)23-11-7-6-10-22(23)21-9-5-4-8-20(21)17-36-24(18)15-31(3)25(34)12-13-27(28,29)30/h4-11,18-19,24,33H,12-17H2,1-3H3/t18-,19-,24+/m1/s1. The van der Waals surface area contributed by atoms with Crippen molar-refractivity contribution in [3.63, 3.8) is 0 Å². The Kier molecular flexibility index (Phi) is 9.13. The van der Waals surface area contributed by atoms with E-state index in [0.717, 1.165) is 16.7 Å². The van der Waals surface area contributed by atoms with Crippen molar-refractivity contribution in [2.24, 2.45) is 5.92 Å². The zero-order chi connectivity index (χ0) is 26.5. The number of carbonyl (C=O) groups excluding carboxylic acids is 2. The number of alkyl halides is 3. The third kappa shape index (κ3) is 6.85. The molecule has 0 saturated carbocycles. The molecule has 2 aromatic carbocycles. The van der Waals surface area contributed by atoms with Gasteiger partial charge in [0.2, 0.25) is 5.91 Å². The van der Waals surface area contributed by atoms with Gasteiger partial charge in [-0.3, -0.25) is 9.59 Å². The molecular weight excluding hydrogens is 473 g/mol. The lowest BCUT2D eigenvalue weighted by molar-refractivity contribution is -0.149. The molecule has 0 aromatic heterocycles. The van der Waals surface area contributed by atoms with Gasteiger partial charge in [-0.05, 0) is 29.7 Å². The van der Waals surface area contributed by atoms with E-state index in [2.05, 4.69) is 0 Å². The second kappa shape index (κ2) is 11.9. The Labute approximate surface area is 209 Å². The van der Waals surface area contributed by atoms with Crippen molar-refractivity contribution in [3.05, 3.63) is 59.7 Å². The molecule has 2 aromatic rings. The number of fused-ring (bicyclic) bond motifs is 3. The highest BCUT2D eigenvalue weighted by atomic mass is 19.4. The summed E-state index contributed by atoms with van der Waals surface area (Å²) in [5.74, 6) is -1.13. The van der Waals surface area contributed by atoms with Gasteiger partial charge in [-0.1, -0.05) is 49.4 Å². The molecule has 1 aliphatic rings. The molecule has 9 heteroatoms. The molecule has 0 unspecified atom stereocenters. The van der Waals surface area contributed by atoms with Crippen molar-refractivity contribution in [2.45, 2.75) is 51.6 Å². The molecule has 1 aliphatic heterocycles. The summed E-state index contributed by atoms with van der Waals surface area (Å²) >= 11 is 0. The number of hydrogen-bond donors (Lipinski definition) is 1. The number of aliphatic hydroxyl groups is 1. The van der Waals surface area contributed by atoms with E-state index in [4.69, 9.17) is 4.74 Å². The summed E-state index contributed by atoms with van der Waals surface area (Å²) in [5, 5.41) is 9.88. The maximum absolute atomic E-state index is 13.7. The van der Waals surface area contributed by atoms with Crippen molar-refractivity contribution in [3.8, 4) is 11.1 Å². The van der Waals surface area contributed by atoms with Crippen LogP contribution < -0.4 is 0 Å². The van der Waals surface area contributed by atoms with Gasteiger partial charge in [0, 0.05) is 38.0 Å². The van der Waals surface area contributed by atoms with Crippen LogP contribution in [0.1, 0.15) is 42.6 Å². The van der Waals surface area contributed by atoms with E-state index in [0.29, 0.717) is 5.56 Å². The molecule has 196 valence electrons. The van der Waals surface area contributed by atoms with Crippen molar-refractivity contribution in [1.82, 2.24) is 9.80 Å². The predicted molar refractivity (Wildman–Crippen MR) is 130 cm³/mol. The second-order valence-electron chi connectivity index (χ2n) is 9.41. The Morgan fingerprint density at radius 1 is 1.14 bits per heavy atom. The van der Waals surface area contributed by atoms with E-state index in [1.54, 1.807) is 24.0 Å². The summed E-state index contributed by atoms with van der Waals surface area (Å²) in [6, 6.07) is 14.4. The summed E-state index contributed by atoms with van der Waals surface area (Å²) < 4.78 is 44.1. The average Bonchev–Trinajstić information content (AvgIpc) is 2.87. The molecule has 0 aliphatic carbocycles. The van der Waals surface area contributed by atoms with Crippen LogP contribution in [0.25, 0.3) is 11.1 Å². The number of halogens is 3. The van der Waals surface area contributed by atoms with Crippen LogP contribution in [-0.4, -0.2) is 71.8 Å². The van der Waals surface area contributed by atoms with Gasteiger partial charge in [-0.15, -0.1) is 0 Å². The largest absolute Gasteiger partial charge is 0.394 e. The van der Waals surface area contributed by atoms with E-state index in [9.17, 15) is 27.9 Å². The van der Waals surface area contributed by atoms with E-state index >= 15 is 0 Å². The molecule has 1 heterocycles. The van der Waals surface area contributed by atoms with Crippen LogP contribution in [0.4, 0.5) is 13.2 Å². The van der Waals surface area contributed by atoms with Crippen LogP contribution in [0.3, 0.4) is 0 Å². The molecule has 3 rings (SSSR count). The number of hydrogen-bond acceptors (Lipinski definition) is 4. The van der Waals surface area contributed by atoms with Gasteiger partial charge in [0.1, 0.15) is 0 Å². The van der Waals surface area contributed by atoms with E-state index < -0.39 is 37.1 Å².